The van der Waals surface area contributed by atoms with Crippen LogP contribution >= 0.6 is 0 Å². The number of aromatic amines is 1. The van der Waals surface area contributed by atoms with Gasteiger partial charge in [-0.3, -0.25) is 5.10 Å². The normalized spacial score (nSPS) is 11.4. The highest BCUT2D eigenvalue weighted by molar-refractivity contribution is 5.96. The van der Waals surface area contributed by atoms with Crippen molar-refractivity contribution in [1.82, 2.24) is 40.1 Å². The molecule has 5 aromatic rings. The molecular weight excluding hydrogens is 355 g/mol. The maximum atomic E-state index is 12.8. The minimum atomic E-state index is -0.759. The fourth-order valence-electron chi connectivity index (χ4n) is 2.74. The number of benzene rings is 1. The SMILES string of the molecule is FCc1cc(-c2nnc3c4ccccc4c(OCc4nc[nH]n4)nn23)no1. The molecule has 5 rings (SSSR count). The zero-order valence-corrected chi connectivity index (χ0v) is 13.7. The van der Waals surface area contributed by atoms with Crippen molar-refractivity contribution >= 4 is 16.4 Å². The maximum absolute atomic E-state index is 12.8. The van der Waals surface area contributed by atoms with Gasteiger partial charge in [-0.1, -0.05) is 23.4 Å². The lowest BCUT2D eigenvalue weighted by Gasteiger charge is -2.08. The van der Waals surface area contributed by atoms with Gasteiger partial charge in [0.2, 0.25) is 11.7 Å². The molecule has 0 unspecified atom stereocenters. The number of ether oxygens (including phenoxy) is 1. The molecule has 0 fully saturated rings. The van der Waals surface area contributed by atoms with E-state index < -0.39 is 6.67 Å². The Kier molecular flexibility index (Phi) is 3.49. The van der Waals surface area contributed by atoms with E-state index in [1.165, 1.54) is 16.9 Å². The molecule has 0 spiro atoms. The van der Waals surface area contributed by atoms with Crippen LogP contribution in [-0.2, 0) is 13.3 Å². The molecular formula is C16H11FN8O2. The van der Waals surface area contributed by atoms with E-state index in [1.54, 1.807) is 0 Å². The smallest absolute Gasteiger partial charge is 0.240 e. The second-order valence-corrected chi connectivity index (χ2v) is 5.63. The van der Waals surface area contributed by atoms with Gasteiger partial charge in [0.25, 0.3) is 0 Å². The molecule has 0 amide bonds. The summed E-state index contributed by atoms with van der Waals surface area (Å²) < 4.78 is 25.0. The first-order valence-corrected chi connectivity index (χ1v) is 7.97. The quantitative estimate of drug-likeness (QED) is 0.502. The van der Waals surface area contributed by atoms with Gasteiger partial charge in [0.05, 0.1) is 0 Å². The molecule has 0 saturated carbocycles. The average Bonchev–Trinajstić information content (AvgIpc) is 3.45. The van der Waals surface area contributed by atoms with Gasteiger partial charge in [-0.25, -0.2) is 9.37 Å². The molecule has 0 radical (unpaired) electrons. The van der Waals surface area contributed by atoms with Crippen molar-refractivity contribution in [3.8, 4) is 17.4 Å². The van der Waals surface area contributed by atoms with E-state index in [9.17, 15) is 4.39 Å². The molecule has 11 heteroatoms. The van der Waals surface area contributed by atoms with Crippen molar-refractivity contribution in [3.63, 3.8) is 0 Å². The molecule has 4 aromatic heterocycles. The molecule has 134 valence electrons. The van der Waals surface area contributed by atoms with Crippen molar-refractivity contribution in [2.75, 3.05) is 0 Å². The second-order valence-electron chi connectivity index (χ2n) is 5.63. The van der Waals surface area contributed by atoms with E-state index in [2.05, 4.69) is 35.6 Å². The van der Waals surface area contributed by atoms with Crippen molar-refractivity contribution < 1.29 is 13.7 Å². The minimum Gasteiger partial charge on any atom is -0.468 e. The standard InChI is InChI=1S/C16H11FN8O2/c17-6-9-5-12(24-27-9)15-22-21-14-10-3-1-2-4-11(10)16(23-25(14)15)26-7-13-18-8-19-20-13/h1-5,8H,6-7H2,(H,18,19,20). The zero-order valence-electron chi connectivity index (χ0n) is 13.7. The van der Waals surface area contributed by atoms with Crippen LogP contribution in [0.15, 0.2) is 41.2 Å². The molecule has 4 heterocycles. The largest absolute Gasteiger partial charge is 0.468 e. The molecule has 0 aliphatic rings. The minimum absolute atomic E-state index is 0.101. The molecule has 0 aliphatic carbocycles. The lowest BCUT2D eigenvalue weighted by Crippen LogP contribution is -2.04. The first-order valence-electron chi connectivity index (χ1n) is 7.97. The highest BCUT2D eigenvalue weighted by Crippen LogP contribution is 2.29. The zero-order chi connectivity index (χ0) is 18.2. The first kappa shape index (κ1) is 15.4. The summed E-state index contributed by atoms with van der Waals surface area (Å²) in [7, 11) is 0. The van der Waals surface area contributed by atoms with Crippen LogP contribution in [0.4, 0.5) is 4.39 Å². The monoisotopic (exact) mass is 366 g/mol. The average molecular weight is 366 g/mol. The van der Waals surface area contributed by atoms with Gasteiger partial charge in [0.15, 0.2) is 29.5 Å². The summed E-state index contributed by atoms with van der Waals surface area (Å²) >= 11 is 0. The molecule has 0 saturated heterocycles. The fourth-order valence-corrected chi connectivity index (χ4v) is 2.74. The van der Waals surface area contributed by atoms with Crippen LogP contribution in [-0.4, -0.2) is 40.1 Å². The Morgan fingerprint density at radius 3 is 2.85 bits per heavy atom. The Balaban J connectivity index is 1.66. The van der Waals surface area contributed by atoms with Gasteiger partial charge >= 0.3 is 0 Å². The van der Waals surface area contributed by atoms with Crippen LogP contribution in [0.3, 0.4) is 0 Å². The fraction of sp³-hybridized carbons (Fsp3) is 0.125. The molecule has 10 nitrogen and oxygen atoms in total. The Labute approximate surface area is 150 Å². The molecule has 0 atom stereocenters. The van der Waals surface area contributed by atoms with Gasteiger partial charge in [0.1, 0.15) is 13.0 Å². The summed E-state index contributed by atoms with van der Waals surface area (Å²) in [6, 6.07) is 8.98. The maximum Gasteiger partial charge on any atom is 0.240 e. The highest BCUT2D eigenvalue weighted by Gasteiger charge is 2.19. The lowest BCUT2D eigenvalue weighted by atomic mass is 10.2. The van der Waals surface area contributed by atoms with E-state index in [0.29, 0.717) is 28.9 Å². The molecule has 0 aliphatic heterocycles. The molecule has 27 heavy (non-hydrogen) atoms. The summed E-state index contributed by atoms with van der Waals surface area (Å²) in [5.74, 6) is 1.28. The number of halogens is 1. The van der Waals surface area contributed by atoms with E-state index in [1.807, 2.05) is 24.3 Å². The summed E-state index contributed by atoms with van der Waals surface area (Å²) in [5, 5.41) is 24.8. The predicted molar refractivity (Wildman–Crippen MR) is 89.3 cm³/mol. The van der Waals surface area contributed by atoms with Crippen molar-refractivity contribution in [2.45, 2.75) is 13.3 Å². The first-order chi connectivity index (χ1) is 13.3. The number of fused-ring (bicyclic) bond motifs is 3. The number of hydrogen-bond acceptors (Lipinski definition) is 8. The van der Waals surface area contributed by atoms with E-state index in [-0.39, 0.29) is 12.4 Å². The lowest BCUT2D eigenvalue weighted by molar-refractivity contribution is 0.284. The summed E-state index contributed by atoms with van der Waals surface area (Å²) in [4.78, 5) is 4.03. The topological polar surface area (TPSA) is 120 Å². The van der Waals surface area contributed by atoms with Gasteiger partial charge in [-0.2, -0.15) is 9.61 Å². The van der Waals surface area contributed by atoms with Crippen LogP contribution < -0.4 is 4.74 Å². The number of aromatic nitrogens is 8. The van der Waals surface area contributed by atoms with E-state index >= 15 is 0 Å². The van der Waals surface area contributed by atoms with Gasteiger partial charge in [-0.05, 0) is 6.07 Å². The van der Waals surface area contributed by atoms with Crippen LogP contribution in [0.25, 0.3) is 27.9 Å². The Hall–Kier alpha value is -3.89. The van der Waals surface area contributed by atoms with Gasteiger partial charge in [-0.15, -0.1) is 15.3 Å². The molecule has 1 N–H and O–H groups in total. The third-order valence-electron chi connectivity index (χ3n) is 3.95. The Morgan fingerprint density at radius 2 is 2.07 bits per heavy atom. The number of nitrogens with zero attached hydrogens (tertiary/aromatic N) is 7. The number of hydrogen-bond donors (Lipinski definition) is 1. The van der Waals surface area contributed by atoms with Crippen LogP contribution in [0.5, 0.6) is 5.88 Å². The van der Waals surface area contributed by atoms with Crippen LogP contribution in [0.2, 0.25) is 0 Å². The summed E-state index contributed by atoms with van der Waals surface area (Å²) in [5.41, 5.74) is 0.855. The number of nitrogens with one attached hydrogen (secondary N) is 1. The summed E-state index contributed by atoms with van der Waals surface area (Å²) in [6.45, 7) is -0.620. The Bertz CT molecular complexity index is 1230. The van der Waals surface area contributed by atoms with Crippen molar-refractivity contribution in [2.24, 2.45) is 0 Å². The van der Waals surface area contributed by atoms with Gasteiger partial charge in [0, 0.05) is 16.8 Å². The number of H-pyrrole nitrogens is 1. The molecule has 0 bridgehead atoms. The van der Waals surface area contributed by atoms with Gasteiger partial charge < -0.3 is 9.26 Å². The Morgan fingerprint density at radius 1 is 1.19 bits per heavy atom. The highest BCUT2D eigenvalue weighted by atomic mass is 19.1. The number of rotatable bonds is 5. The summed E-state index contributed by atoms with van der Waals surface area (Å²) in [6.07, 6.45) is 1.47. The predicted octanol–water partition coefficient (Wildman–Crippen LogP) is 2.10. The molecule has 1 aromatic carbocycles. The third kappa shape index (κ3) is 2.56. The van der Waals surface area contributed by atoms with Crippen molar-refractivity contribution in [1.29, 1.82) is 0 Å². The second kappa shape index (κ2) is 6.12. The van der Waals surface area contributed by atoms with E-state index in [0.717, 1.165) is 10.8 Å². The van der Waals surface area contributed by atoms with E-state index in [4.69, 9.17) is 9.26 Å². The van der Waals surface area contributed by atoms with Crippen molar-refractivity contribution in [3.05, 3.63) is 48.2 Å². The van der Waals surface area contributed by atoms with Crippen LogP contribution in [0, 0.1) is 0 Å². The third-order valence-corrected chi connectivity index (χ3v) is 3.95. The van der Waals surface area contributed by atoms with Crippen LogP contribution in [0.1, 0.15) is 11.6 Å². The number of alkyl halides is 1.